The van der Waals surface area contributed by atoms with Crippen molar-refractivity contribution in [3.8, 4) is 0 Å². The summed E-state index contributed by atoms with van der Waals surface area (Å²) < 4.78 is 102. The van der Waals surface area contributed by atoms with E-state index in [1.54, 1.807) is 0 Å². The number of rotatable bonds is 33. The number of ether oxygens (including phenoxy) is 5. The van der Waals surface area contributed by atoms with Crippen LogP contribution in [0.3, 0.4) is 0 Å². The minimum absolute atomic E-state index is 0. The van der Waals surface area contributed by atoms with Crippen LogP contribution in [-0.2, 0) is 74.3 Å². The molecule has 2 fully saturated rings. The molecule has 0 radical (unpaired) electrons. The second-order valence-corrected chi connectivity index (χ2v) is 35.8. The van der Waals surface area contributed by atoms with Gasteiger partial charge in [0.1, 0.15) is 0 Å². The van der Waals surface area contributed by atoms with Crippen LogP contribution >= 0.6 is 0 Å². The van der Waals surface area contributed by atoms with Gasteiger partial charge in [0.25, 0.3) is 37.1 Å². The van der Waals surface area contributed by atoms with Gasteiger partial charge in [0, 0.05) is 59.2 Å². The molecule has 2 heterocycles. The van der Waals surface area contributed by atoms with Crippen molar-refractivity contribution in [1.82, 2.24) is 0 Å². The van der Waals surface area contributed by atoms with Crippen LogP contribution in [0.15, 0.2) is 0 Å². The van der Waals surface area contributed by atoms with Crippen LogP contribution in [0, 0.1) is 0 Å². The van der Waals surface area contributed by atoms with E-state index in [-0.39, 0.29) is 14.0 Å². The predicted octanol–water partition coefficient (Wildman–Crippen LogP) is 6.57. The molecule has 394 valence electrons. The molecular formula is C39H98O18Si8. The van der Waals surface area contributed by atoms with Crippen molar-refractivity contribution in [2.45, 2.75) is 159 Å². The number of hydrogen-bond donors (Lipinski definition) is 1. The van der Waals surface area contributed by atoms with Gasteiger partial charge >= 0.3 is 35.2 Å². The third kappa shape index (κ3) is 38.4. The number of aliphatic hydroxyl groups excluding tert-OH is 1. The Bertz CT molecular complexity index is 893. The zero-order valence-electron chi connectivity index (χ0n) is 42.4. The lowest BCUT2D eigenvalue weighted by molar-refractivity contribution is -0.00512. The summed E-state index contributed by atoms with van der Waals surface area (Å²) in [5.74, 6) is 0. The highest BCUT2D eigenvalue weighted by molar-refractivity contribution is 6.88. The molecule has 65 heavy (non-hydrogen) atoms. The first kappa shape index (κ1) is 68.1. The standard InChI is InChI=1S/C28H64O12Si4.C6H14O2.C4H16O4Si4.CH4/c1-9-13-17-29-21-25-33-41(5)37-42(6,34-26-22-30-18-14-10-2)39-44(8,36-28-24-32-20-16-12-4)40-43(7,38-41)35-27-23-31-19-15-11-3;1-2-3-5-8-6-4-7;1-9-5-10(2)7-12(4)8-11(3)6-9;/h9-28H2,1-8H3;7H,2-6H2,1H3;9-12H,1-4H3;1H4. The summed E-state index contributed by atoms with van der Waals surface area (Å²) in [6.07, 6.45) is 10.5. The number of hydrogen-bond acceptors (Lipinski definition) is 18. The molecule has 0 aliphatic carbocycles. The van der Waals surface area contributed by atoms with E-state index in [1.807, 2.05) is 52.4 Å². The van der Waals surface area contributed by atoms with E-state index in [2.05, 4.69) is 34.6 Å². The summed E-state index contributed by atoms with van der Waals surface area (Å²) in [5.41, 5.74) is 0. The molecule has 0 saturated carbocycles. The van der Waals surface area contributed by atoms with Crippen molar-refractivity contribution in [3.05, 3.63) is 0 Å². The summed E-state index contributed by atoms with van der Waals surface area (Å²) >= 11 is 0. The topological polar surface area (TPSA) is 177 Å². The van der Waals surface area contributed by atoms with Crippen LogP contribution in [0.1, 0.15) is 106 Å². The van der Waals surface area contributed by atoms with E-state index in [9.17, 15) is 0 Å². The first-order valence-corrected chi connectivity index (χ1v) is 41.3. The molecule has 0 aromatic rings. The van der Waals surface area contributed by atoms with Gasteiger partial charge in [0.15, 0.2) is 0 Å². The average Bonchev–Trinajstić information content (AvgIpc) is 3.21. The smallest absolute Gasteiger partial charge is 0.420 e. The van der Waals surface area contributed by atoms with Gasteiger partial charge in [-0.05, 0) is 58.3 Å². The minimum atomic E-state index is -3.43. The molecule has 1 N–H and O–H groups in total. The Morgan fingerprint density at radius 3 is 0.723 bits per heavy atom. The van der Waals surface area contributed by atoms with Gasteiger partial charge < -0.3 is 79.4 Å². The first-order chi connectivity index (χ1) is 30.6. The molecule has 0 unspecified atom stereocenters. The van der Waals surface area contributed by atoms with Crippen molar-refractivity contribution in [2.75, 3.05) is 99.1 Å². The Morgan fingerprint density at radius 2 is 0.538 bits per heavy atom. The van der Waals surface area contributed by atoms with E-state index in [0.29, 0.717) is 85.9 Å². The third-order valence-corrected chi connectivity index (χ3v) is 35.9. The summed E-state index contributed by atoms with van der Waals surface area (Å²) in [7, 11) is -19.4. The molecular weight excluding hydrogens is 981 g/mol. The first-order valence-electron chi connectivity index (χ1n) is 24.0. The summed E-state index contributed by atoms with van der Waals surface area (Å²) in [4.78, 5) is 0. The Hall–Kier alpha value is 1.02. The number of aliphatic hydroxyl groups is 1. The summed E-state index contributed by atoms with van der Waals surface area (Å²) in [5, 5.41) is 8.24. The van der Waals surface area contributed by atoms with Crippen LogP contribution < -0.4 is 0 Å². The molecule has 2 aliphatic heterocycles. The van der Waals surface area contributed by atoms with Gasteiger partial charge in [0.2, 0.25) is 0 Å². The Balaban J connectivity index is 0. The molecule has 18 nitrogen and oxygen atoms in total. The Labute approximate surface area is 407 Å². The van der Waals surface area contributed by atoms with Crippen LogP contribution in [0.2, 0.25) is 52.4 Å². The zero-order valence-corrected chi connectivity index (χ0v) is 51.0. The van der Waals surface area contributed by atoms with Gasteiger partial charge in [-0.3, -0.25) is 0 Å². The lowest BCUT2D eigenvalue weighted by atomic mass is 10.4. The van der Waals surface area contributed by atoms with Crippen molar-refractivity contribution in [3.63, 3.8) is 0 Å². The van der Waals surface area contributed by atoms with Crippen LogP contribution in [-0.4, -0.2) is 177 Å². The van der Waals surface area contributed by atoms with Gasteiger partial charge in [-0.1, -0.05) is 74.1 Å². The Kier molecular flexibility index (Phi) is 44.7. The zero-order chi connectivity index (χ0) is 48.0. The third-order valence-electron chi connectivity index (χ3n) is 8.83. The molecule has 0 atom stereocenters. The second-order valence-electron chi connectivity index (χ2n) is 15.6. The molecule has 2 aliphatic rings. The average molecular weight is 1080 g/mol. The predicted molar refractivity (Wildman–Crippen MR) is 273 cm³/mol. The van der Waals surface area contributed by atoms with Gasteiger partial charge in [0.05, 0.1) is 66.1 Å². The number of unbranched alkanes of at least 4 members (excludes halogenated alkanes) is 5. The Morgan fingerprint density at radius 1 is 0.338 bits per heavy atom. The molecule has 26 heteroatoms. The largest absolute Gasteiger partial charge is 0.483 e. The fourth-order valence-corrected chi connectivity index (χ4v) is 34.4. The maximum atomic E-state index is 8.24. The van der Waals surface area contributed by atoms with E-state index >= 15 is 0 Å². The van der Waals surface area contributed by atoms with Crippen molar-refractivity contribution in [1.29, 1.82) is 0 Å². The van der Waals surface area contributed by atoms with E-state index in [4.69, 9.17) is 79.4 Å². The highest BCUT2D eigenvalue weighted by atomic mass is 28.6. The van der Waals surface area contributed by atoms with Crippen molar-refractivity contribution >= 4 is 72.4 Å². The van der Waals surface area contributed by atoms with Crippen molar-refractivity contribution < 1.29 is 79.4 Å². The maximum Gasteiger partial charge on any atom is 0.483 e. The monoisotopic (exact) mass is 1080 g/mol. The molecule has 2 saturated heterocycles. The van der Waals surface area contributed by atoms with Crippen LogP contribution in [0.25, 0.3) is 0 Å². The fraction of sp³-hybridized carbons (Fsp3) is 1.00. The normalized spacial score (nSPS) is 28.3. The minimum Gasteiger partial charge on any atom is -0.420 e. The lowest BCUT2D eigenvalue weighted by Crippen LogP contribution is -2.70. The molecule has 0 bridgehead atoms. The molecule has 0 aromatic carbocycles. The van der Waals surface area contributed by atoms with Crippen LogP contribution in [0.4, 0.5) is 0 Å². The summed E-state index contributed by atoms with van der Waals surface area (Å²) in [6.45, 7) is 33.1. The lowest BCUT2D eigenvalue weighted by Gasteiger charge is -2.46. The van der Waals surface area contributed by atoms with Crippen molar-refractivity contribution in [2.24, 2.45) is 0 Å². The van der Waals surface area contributed by atoms with Gasteiger partial charge in [-0.25, -0.2) is 0 Å². The van der Waals surface area contributed by atoms with E-state index in [1.165, 1.54) is 0 Å². The van der Waals surface area contributed by atoms with Gasteiger partial charge in [-0.15, -0.1) is 0 Å². The highest BCUT2D eigenvalue weighted by Crippen LogP contribution is 2.33. The summed E-state index contributed by atoms with van der Waals surface area (Å²) in [6, 6.07) is 0. The molecule has 0 amide bonds. The maximum absolute atomic E-state index is 8.24. The van der Waals surface area contributed by atoms with Gasteiger partial charge in [-0.2, -0.15) is 0 Å². The molecule has 0 spiro atoms. The van der Waals surface area contributed by atoms with Crippen LogP contribution in [0.5, 0.6) is 0 Å². The quantitative estimate of drug-likeness (QED) is 0.0551. The highest BCUT2D eigenvalue weighted by Gasteiger charge is 2.62. The fourth-order valence-electron chi connectivity index (χ4n) is 5.82. The second kappa shape index (κ2) is 42.7. The van der Waals surface area contributed by atoms with E-state index < -0.39 is 72.4 Å². The SMILES string of the molecule is C.CCCCOCCO.CCCCOCCO[Si]1(C)O[Si](C)(OCCOCCCC)O[Si](C)(OCCOCCCC)O[Si](C)(OCCOCCCC)O1.C[SiH]1O[SiH](C)O[SiH](C)O[SiH](C)O1. The van der Waals surface area contributed by atoms with E-state index in [0.717, 1.165) is 70.8 Å². The molecule has 2 rings (SSSR count). The molecule has 0 aromatic heterocycles.